The van der Waals surface area contributed by atoms with Crippen molar-refractivity contribution in [1.29, 1.82) is 0 Å². The molecule has 2 amide bonds. The van der Waals surface area contributed by atoms with E-state index in [0.717, 1.165) is 11.1 Å². The molecular weight excluding hydrogens is 592 g/mol. The number of nitrogens with one attached hydrogen (secondary N) is 3. The summed E-state index contributed by atoms with van der Waals surface area (Å²) < 4.78 is 99.6. The highest BCUT2D eigenvalue weighted by molar-refractivity contribution is 5.92. The van der Waals surface area contributed by atoms with Gasteiger partial charge in [0.2, 0.25) is 11.8 Å². The summed E-state index contributed by atoms with van der Waals surface area (Å²) >= 11 is 0. The van der Waals surface area contributed by atoms with E-state index >= 15 is 0 Å². The molecule has 2 heterocycles. The van der Waals surface area contributed by atoms with Crippen molar-refractivity contribution < 1.29 is 44.7 Å². The first-order valence-electron chi connectivity index (χ1n) is 13.6. The van der Waals surface area contributed by atoms with Gasteiger partial charge >= 0.3 is 12.4 Å². The number of aromatic amines is 1. The maximum absolute atomic E-state index is 12.5. The quantitative estimate of drug-likeness (QED) is 0.229. The predicted molar refractivity (Wildman–Crippen MR) is 140 cm³/mol. The van der Waals surface area contributed by atoms with Gasteiger partial charge in [-0.2, -0.15) is 31.4 Å². The Morgan fingerprint density at radius 3 is 2.30 bits per heavy atom. The molecule has 1 aromatic carbocycles. The molecular formula is C27H32F8N6O2. The number of rotatable bonds is 9. The predicted octanol–water partition coefficient (Wildman–Crippen LogP) is 6.75. The van der Waals surface area contributed by atoms with Crippen molar-refractivity contribution in [2.45, 2.75) is 95.7 Å². The van der Waals surface area contributed by atoms with E-state index in [9.17, 15) is 44.7 Å². The molecule has 0 radical (unpaired) electrons. The molecule has 0 saturated heterocycles. The number of aromatic nitrogens is 4. The van der Waals surface area contributed by atoms with E-state index in [2.05, 4.69) is 25.7 Å². The Hall–Kier alpha value is -3.72. The number of aryl methyl sites for hydroxylation is 1. The van der Waals surface area contributed by atoms with Crippen LogP contribution in [0.3, 0.4) is 0 Å². The lowest BCUT2D eigenvalue weighted by molar-refractivity contribution is -0.144. The fourth-order valence-corrected chi connectivity index (χ4v) is 4.35. The number of halogens is 8. The van der Waals surface area contributed by atoms with Crippen LogP contribution in [0.2, 0.25) is 0 Å². The summed E-state index contributed by atoms with van der Waals surface area (Å²) in [4.78, 5) is 31.5. The van der Waals surface area contributed by atoms with Gasteiger partial charge in [0, 0.05) is 25.5 Å². The molecule has 3 aromatic rings. The van der Waals surface area contributed by atoms with Crippen LogP contribution in [0, 0.1) is 0 Å². The van der Waals surface area contributed by atoms with E-state index in [1.165, 1.54) is 12.3 Å². The molecule has 0 spiro atoms. The molecule has 3 N–H and O–H groups in total. The van der Waals surface area contributed by atoms with Crippen LogP contribution in [0.4, 0.5) is 35.1 Å². The SMILES string of the molecule is CC(NC(=O)CCC(F)(F)F)c1ccc2nc(CNC(=O)c3ccnn3CCC(F)(F)F)[nH]c2c1.FC1(F)CCCCC1. The van der Waals surface area contributed by atoms with Crippen LogP contribution < -0.4 is 10.6 Å². The van der Waals surface area contributed by atoms with E-state index in [1.807, 2.05) is 0 Å². The summed E-state index contributed by atoms with van der Waals surface area (Å²) in [6.07, 6.45) is -7.89. The highest BCUT2D eigenvalue weighted by Crippen LogP contribution is 2.32. The third kappa shape index (κ3) is 11.5. The summed E-state index contributed by atoms with van der Waals surface area (Å²) in [6.45, 7) is 1.10. The smallest absolute Gasteiger partial charge is 0.350 e. The van der Waals surface area contributed by atoms with E-state index in [-0.39, 0.29) is 25.1 Å². The number of hydrogen-bond donors (Lipinski definition) is 3. The van der Waals surface area contributed by atoms with Crippen molar-refractivity contribution in [3.05, 3.63) is 47.5 Å². The standard InChI is InChI=1S/C21H22F6N6O2.C6H10F2/c1-12(30-18(34)4-6-20(22,23)24)13-2-3-14-15(10-13)32-17(31-14)11-28-19(35)16-5-8-29-33(16)9-7-21(25,26)27;7-6(8)4-2-1-3-5-6/h2-3,5,8,10,12H,4,6-7,9,11H2,1H3,(H,28,35)(H,30,34)(H,31,32);1-5H2. The molecule has 1 saturated carbocycles. The molecule has 8 nitrogen and oxygen atoms in total. The van der Waals surface area contributed by atoms with Crippen LogP contribution >= 0.6 is 0 Å². The Morgan fingerprint density at radius 1 is 1.02 bits per heavy atom. The zero-order valence-corrected chi connectivity index (χ0v) is 23.2. The molecule has 0 aliphatic heterocycles. The molecule has 0 bridgehead atoms. The molecule has 43 heavy (non-hydrogen) atoms. The van der Waals surface area contributed by atoms with Gasteiger partial charge < -0.3 is 15.6 Å². The molecule has 1 fully saturated rings. The largest absolute Gasteiger partial charge is 0.390 e. The topological polar surface area (TPSA) is 105 Å². The van der Waals surface area contributed by atoms with Gasteiger partial charge in [-0.05, 0) is 43.5 Å². The number of fused-ring (bicyclic) bond motifs is 1. The molecule has 2 aromatic heterocycles. The third-order valence-corrected chi connectivity index (χ3v) is 6.63. The number of alkyl halides is 8. The van der Waals surface area contributed by atoms with Crippen molar-refractivity contribution in [3.63, 3.8) is 0 Å². The van der Waals surface area contributed by atoms with Crippen LogP contribution in [0.1, 0.15) is 86.2 Å². The minimum Gasteiger partial charge on any atom is -0.350 e. The Morgan fingerprint density at radius 2 is 1.70 bits per heavy atom. The highest BCUT2D eigenvalue weighted by Gasteiger charge is 2.30. The average molecular weight is 625 g/mol. The number of nitrogens with zero attached hydrogens (tertiary/aromatic N) is 3. The molecule has 1 aliphatic carbocycles. The first kappa shape index (κ1) is 33.8. The summed E-state index contributed by atoms with van der Waals surface area (Å²) in [6, 6.07) is 5.75. The Kier molecular flexibility index (Phi) is 11.1. The molecule has 1 unspecified atom stereocenters. The Bertz CT molecular complexity index is 1360. The minimum atomic E-state index is -4.41. The van der Waals surface area contributed by atoms with Crippen LogP contribution in [-0.4, -0.2) is 49.8 Å². The zero-order chi connectivity index (χ0) is 31.8. The van der Waals surface area contributed by atoms with Gasteiger partial charge in [-0.15, -0.1) is 0 Å². The fraction of sp³-hybridized carbons (Fsp3) is 0.556. The molecule has 1 aliphatic rings. The number of imidazole rings is 1. The summed E-state index contributed by atoms with van der Waals surface area (Å²) in [5, 5.41) is 8.82. The van der Waals surface area contributed by atoms with Crippen molar-refractivity contribution in [2.75, 3.05) is 0 Å². The molecule has 4 rings (SSSR count). The molecule has 238 valence electrons. The van der Waals surface area contributed by atoms with Crippen LogP contribution in [0.25, 0.3) is 11.0 Å². The van der Waals surface area contributed by atoms with E-state index in [0.29, 0.717) is 35.3 Å². The number of H-pyrrole nitrogens is 1. The maximum Gasteiger partial charge on any atom is 0.390 e. The van der Waals surface area contributed by atoms with Gasteiger partial charge in [0.25, 0.3) is 5.91 Å². The first-order chi connectivity index (χ1) is 20.0. The van der Waals surface area contributed by atoms with Crippen LogP contribution in [0.5, 0.6) is 0 Å². The highest BCUT2D eigenvalue weighted by atomic mass is 19.4. The number of hydrogen-bond acceptors (Lipinski definition) is 4. The Labute approximate surface area is 241 Å². The van der Waals surface area contributed by atoms with Crippen molar-refractivity contribution in [3.8, 4) is 0 Å². The van der Waals surface area contributed by atoms with Gasteiger partial charge in [0.1, 0.15) is 11.5 Å². The monoisotopic (exact) mass is 624 g/mol. The second kappa shape index (κ2) is 14.2. The lowest BCUT2D eigenvalue weighted by atomic mass is 9.97. The lowest BCUT2D eigenvalue weighted by Gasteiger charge is -2.20. The van der Waals surface area contributed by atoms with Crippen LogP contribution in [0.15, 0.2) is 30.5 Å². The van der Waals surface area contributed by atoms with Gasteiger partial charge in [0.05, 0.1) is 43.0 Å². The number of amides is 2. The maximum atomic E-state index is 12.5. The Balaban J connectivity index is 0.000000546. The van der Waals surface area contributed by atoms with E-state index < -0.39 is 61.9 Å². The summed E-state index contributed by atoms with van der Waals surface area (Å²) in [7, 11) is 0. The van der Waals surface area contributed by atoms with Crippen molar-refractivity contribution in [1.82, 2.24) is 30.4 Å². The third-order valence-electron chi connectivity index (χ3n) is 6.63. The minimum absolute atomic E-state index is 0.0252. The lowest BCUT2D eigenvalue weighted by Crippen LogP contribution is -2.27. The fourth-order valence-electron chi connectivity index (χ4n) is 4.35. The second-order valence-corrected chi connectivity index (χ2v) is 10.3. The van der Waals surface area contributed by atoms with Gasteiger partial charge in [-0.3, -0.25) is 14.3 Å². The van der Waals surface area contributed by atoms with Crippen molar-refractivity contribution in [2.24, 2.45) is 0 Å². The zero-order valence-electron chi connectivity index (χ0n) is 23.2. The van der Waals surface area contributed by atoms with Gasteiger partial charge in [-0.1, -0.05) is 12.5 Å². The van der Waals surface area contributed by atoms with E-state index in [4.69, 9.17) is 0 Å². The molecule has 16 heteroatoms. The number of benzene rings is 1. The summed E-state index contributed by atoms with van der Waals surface area (Å²) in [5.74, 6) is -3.30. The normalized spacial score (nSPS) is 15.8. The number of carbonyl (C=O) groups excluding carboxylic acids is 2. The number of carbonyl (C=O) groups is 2. The van der Waals surface area contributed by atoms with Gasteiger partial charge in [0.15, 0.2) is 0 Å². The van der Waals surface area contributed by atoms with Crippen molar-refractivity contribution >= 4 is 22.8 Å². The first-order valence-corrected chi connectivity index (χ1v) is 13.6. The average Bonchev–Trinajstić information content (AvgIpc) is 3.55. The van der Waals surface area contributed by atoms with Gasteiger partial charge in [-0.25, -0.2) is 13.8 Å². The molecule has 1 atom stereocenters. The van der Waals surface area contributed by atoms with E-state index in [1.54, 1.807) is 25.1 Å². The van der Waals surface area contributed by atoms with Crippen LogP contribution in [-0.2, 0) is 17.9 Å². The second-order valence-electron chi connectivity index (χ2n) is 10.3. The summed E-state index contributed by atoms with van der Waals surface area (Å²) in [5.41, 5.74) is 1.72.